The summed E-state index contributed by atoms with van der Waals surface area (Å²) in [5.74, 6) is -0.512. The first-order valence-corrected chi connectivity index (χ1v) is 27.3. The van der Waals surface area contributed by atoms with Gasteiger partial charge in [-0.1, -0.05) is 187 Å². The van der Waals surface area contributed by atoms with Gasteiger partial charge in [-0.3, -0.25) is 24.2 Å². The van der Waals surface area contributed by atoms with Crippen molar-refractivity contribution < 1.29 is 34.5 Å². The molecule has 4 aromatic carbocycles. The van der Waals surface area contributed by atoms with Crippen LogP contribution in [0.1, 0.15) is 113 Å². The molecule has 8 rings (SSSR count). The molecule has 6 atom stereocenters. The van der Waals surface area contributed by atoms with Gasteiger partial charge >= 0.3 is 5.97 Å². The summed E-state index contributed by atoms with van der Waals surface area (Å²) in [6.07, 6.45) is 9.93. The predicted molar refractivity (Wildman–Crippen MR) is 299 cm³/mol. The van der Waals surface area contributed by atoms with Crippen molar-refractivity contribution in [2.45, 2.75) is 141 Å². The number of benzene rings is 4. The number of hydrogen-bond donors (Lipinski definition) is 4. The summed E-state index contributed by atoms with van der Waals surface area (Å²) in [5.41, 5.74) is 10.8. The third-order valence-electron chi connectivity index (χ3n) is 14.6. The van der Waals surface area contributed by atoms with Gasteiger partial charge in [-0.25, -0.2) is 0 Å². The lowest BCUT2D eigenvalue weighted by Gasteiger charge is -2.28. The second-order valence-electron chi connectivity index (χ2n) is 21.0. The first-order valence-electron chi connectivity index (χ1n) is 27.3. The molecule has 74 heavy (non-hydrogen) atoms. The number of aliphatic hydroxyl groups excluding tert-OH is 2. The summed E-state index contributed by atoms with van der Waals surface area (Å²) in [6.45, 7) is 10.9. The maximum atomic E-state index is 13.7. The number of amides is 3. The zero-order valence-corrected chi connectivity index (χ0v) is 45.7. The zero-order chi connectivity index (χ0) is 52.0. The minimum atomic E-state index is -0.660. The molecule has 13 nitrogen and oxygen atoms in total. The van der Waals surface area contributed by atoms with Gasteiger partial charge in [0.05, 0.1) is 24.2 Å². The van der Waals surface area contributed by atoms with Gasteiger partial charge in [-0.15, -0.1) is 17.0 Å². The molecule has 4 aliphatic rings. The van der Waals surface area contributed by atoms with Crippen molar-refractivity contribution in [3.63, 3.8) is 0 Å². The van der Waals surface area contributed by atoms with E-state index in [1.165, 1.54) is 24.0 Å². The Balaban J connectivity index is 0.000000227. The van der Waals surface area contributed by atoms with Crippen molar-refractivity contribution >= 4 is 40.7 Å². The molecule has 0 aromatic heterocycles. The van der Waals surface area contributed by atoms with Crippen molar-refractivity contribution in [1.82, 2.24) is 24.9 Å². The van der Waals surface area contributed by atoms with Crippen LogP contribution in [0, 0.1) is 23.7 Å². The summed E-state index contributed by atoms with van der Waals surface area (Å²) in [4.78, 5) is 59.0. The summed E-state index contributed by atoms with van der Waals surface area (Å²) in [7, 11) is 0. The summed E-state index contributed by atoms with van der Waals surface area (Å²) < 4.78 is 0. The molecule has 2 saturated heterocycles. The van der Waals surface area contributed by atoms with Crippen molar-refractivity contribution in [2.75, 3.05) is 39.3 Å². The van der Waals surface area contributed by atoms with E-state index < -0.39 is 42.1 Å². The van der Waals surface area contributed by atoms with Crippen LogP contribution in [0.5, 0.6) is 0 Å². The largest absolute Gasteiger partial charge is 0.564 e. The number of nitrogens with two attached hydrogens (primary N) is 1. The number of unbranched alkanes of at least 4 members (excludes halogenated alkanes) is 2. The molecule has 2 saturated carbocycles. The fourth-order valence-corrected chi connectivity index (χ4v) is 9.88. The lowest BCUT2D eigenvalue weighted by atomic mass is 9.91. The normalized spacial score (nSPS) is 20.0. The lowest BCUT2D eigenvalue weighted by molar-refractivity contribution is -0.146. The fraction of sp³-hybridized carbons (Fsp3) is 0.533. The summed E-state index contributed by atoms with van der Waals surface area (Å²) in [5, 5.41) is 30.8. The Kier molecular flexibility index (Phi) is 25.8. The van der Waals surface area contributed by atoms with Gasteiger partial charge in [-0.2, -0.15) is 0 Å². The van der Waals surface area contributed by atoms with E-state index in [4.69, 9.17) is 10.8 Å². The molecule has 3 amide bonds. The van der Waals surface area contributed by atoms with Crippen LogP contribution >= 0.6 is 17.0 Å². The highest BCUT2D eigenvalue weighted by molar-refractivity contribution is 8.93. The first kappa shape index (κ1) is 59.9. The molecule has 2 unspecified atom stereocenters. The quantitative estimate of drug-likeness (QED) is 0.0543. The minimum Gasteiger partial charge on any atom is -0.564 e. The Morgan fingerprint density at radius 3 is 1.36 bits per heavy atom. The molecule has 2 aliphatic carbocycles. The maximum absolute atomic E-state index is 13.7. The standard InChI is InChI=1S/C30H41N3O3.C19H23N3O.C11H20O3.BrH/c1-2-3-14-28(34)26(19-23-15-16-23)29(35)31-27-22-32(20-24-10-6-4-7-11-24)17-18-33(30(27)36)21-25-12-8-5-9-13-25;20-18-15-21(13-16-7-3-1-4-8-16)11-12-22(19(18)23)14-17-9-5-2-6-10-17;1-2-3-4-10(12)9(11(13)14)7-8-5-6-8;/h4-13,23,26-28,34H,2-3,14-22H2,1H3,(H,31,35);1-10,18H,11-15,20H2;8-10,12H,2-7H2,1H3,(H,13,14);1H/p+1/t26-,27?,28+;;9-,10+;/m1.1./s1. The Morgan fingerprint density at radius 2 is 0.959 bits per heavy atom. The Morgan fingerprint density at radius 1 is 0.581 bits per heavy atom. The van der Waals surface area contributed by atoms with Gasteiger partial charge in [0.2, 0.25) is 17.7 Å². The SMILES string of the molecule is Br.CCCC[C@H](O)[C@@H](CC1CC1)C(=O)NC1CN(Cc2ccccc2)CCN(Cc2ccccc2)C1=O.CCCC[C@H](O)[C@@H](CC1CC1)C(=O)[OH2+].NC1CN(Cc2ccccc2)CCN(Cc2ccccc2)C1=O. The van der Waals surface area contributed by atoms with Crippen LogP contribution < -0.4 is 11.1 Å². The number of hydrogen-bond acceptors (Lipinski definition) is 9. The number of halogens is 1. The monoisotopic (exact) mass is 1080 g/mol. The molecule has 0 radical (unpaired) electrons. The van der Waals surface area contributed by atoms with Crippen molar-refractivity contribution in [1.29, 1.82) is 0 Å². The van der Waals surface area contributed by atoms with E-state index in [0.717, 1.165) is 82.3 Å². The second-order valence-corrected chi connectivity index (χ2v) is 21.0. The van der Waals surface area contributed by atoms with E-state index in [2.05, 4.69) is 53.2 Å². The smallest absolute Gasteiger partial charge is 0.521 e. The Hall–Kier alpha value is -4.96. The van der Waals surface area contributed by atoms with Crippen LogP contribution in [0.2, 0.25) is 0 Å². The van der Waals surface area contributed by atoms with Crippen LogP contribution in [0.3, 0.4) is 0 Å². The summed E-state index contributed by atoms with van der Waals surface area (Å²) in [6, 6.07) is 39.6. The minimum absolute atomic E-state index is 0. The molecule has 0 spiro atoms. The first-order chi connectivity index (χ1) is 35.4. The van der Waals surface area contributed by atoms with Gasteiger partial charge in [-0.05, 0) is 59.8 Å². The van der Waals surface area contributed by atoms with Gasteiger partial charge in [0, 0.05) is 70.2 Å². The second kappa shape index (κ2) is 31.8. The van der Waals surface area contributed by atoms with E-state index in [-0.39, 0.29) is 34.7 Å². The van der Waals surface area contributed by atoms with Gasteiger partial charge in [0.1, 0.15) is 12.0 Å². The number of rotatable bonds is 23. The van der Waals surface area contributed by atoms with Gasteiger partial charge in [0.25, 0.3) is 0 Å². The van der Waals surface area contributed by atoms with E-state index in [1.54, 1.807) is 0 Å². The van der Waals surface area contributed by atoms with Crippen molar-refractivity contribution in [3.05, 3.63) is 144 Å². The highest BCUT2D eigenvalue weighted by Crippen LogP contribution is 2.38. The van der Waals surface area contributed by atoms with Crippen LogP contribution in [0.4, 0.5) is 0 Å². The number of carbonyl (C=O) groups is 4. The highest BCUT2D eigenvalue weighted by atomic mass is 79.9. The maximum Gasteiger partial charge on any atom is 0.521 e. The zero-order valence-electron chi connectivity index (χ0n) is 44.0. The Bertz CT molecular complexity index is 2240. The van der Waals surface area contributed by atoms with Crippen LogP contribution in [0.15, 0.2) is 121 Å². The molecule has 2 heterocycles. The molecule has 0 bridgehead atoms. The fourth-order valence-electron chi connectivity index (χ4n) is 9.88. The van der Waals surface area contributed by atoms with Crippen LogP contribution in [0.25, 0.3) is 0 Å². The average molecular weight is 1080 g/mol. The summed E-state index contributed by atoms with van der Waals surface area (Å²) >= 11 is 0. The van der Waals surface area contributed by atoms with Crippen molar-refractivity contribution in [3.8, 4) is 0 Å². The van der Waals surface area contributed by atoms with Crippen LogP contribution in [-0.2, 0) is 45.4 Å². The number of nitrogens with one attached hydrogen (secondary N) is 1. The third kappa shape index (κ3) is 20.6. The average Bonchev–Trinajstić information content (AvgIpc) is 4.35. The van der Waals surface area contributed by atoms with E-state index in [1.807, 2.05) is 107 Å². The molecule has 2 aliphatic heterocycles. The van der Waals surface area contributed by atoms with E-state index >= 15 is 0 Å². The molecule has 7 N–H and O–H groups in total. The molecule has 4 aromatic rings. The van der Waals surface area contributed by atoms with Gasteiger partial charge < -0.3 is 36.2 Å². The molecule has 4 fully saturated rings. The third-order valence-corrected chi connectivity index (χ3v) is 14.6. The number of aliphatic hydroxyl groups is 2. The Labute approximate surface area is 451 Å². The van der Waals surface area contributed by atoms with E-state index in [0.29, 0.717) is 70.4 Å². The molecular formula is C60H86BrN6O7+. The van der Waals surface area contributed by atoms with Gasteiger partial charge in [0.15, 0.2) is 0 Å². The molecule has 404 valence electrons. The highest BCUT2D eigenvalue weighted by Gasteiger charge is 2.39. The topological polar surface area (TPSA) is 183 Å². The number of nitrogens with zero attached hydrogens (tertiary/aromatic N) is 4. The van der Waals surface area contributed by atoms with Crippen LogP contribution in [-0.4, -0.2) is 122 Å². The number of carbonyl (C=O) groups excluding carboxylic acids is 4. The lowest BCUT2D eigenvalue weighted by Crippen LogP contribution is -2.53. The predicted octanol–water partition coefficient (Wildman–Crippen LogP) is 7.62. The van der Waals surface area contributed by atoms with Crippen molar-refractivity contribution in [2.24, 2.45) is 29.4 Å². The molecule has 14 heteroatoms. The van der Waals surface area contributed by atoms with E-state index in [9.17, 15) is 29.4 Å². The molecular weight excluding hydrogens is 997 g/mol.